The van der Waals surface area contributed by atoms with Crippen LogP contribution in [0.3, 0.4) is 0 Å². The lowest BCUT2D eigenvalue weighted by atomic mass is 10.1. The maximum atomic E-state index is 12.5. The van der Waals surface area contributed by atoms with Crippen molar-refractivity contribution in [1.29, 1.82) is 0 Å². The number of nitrogens with zero attached hydrogens (tertiary/aromatic N) is 1. The lowest BCUT2D eigenvalue weighted by Crippen LogP contribution is -2.42. The standard InChI is InChI=1S/C22H24N2O2/c1-15(25)24(12-11-16-7-3-2-4-8-16)14-20(26)23-22-19-13-17-9-5-6-10-18(17)21(19)22/h2-10,19,21-22H,11-14H2,1H3,(H,23,26)/t19-,21+,22-/m1/s1. The fraction of sp³-hybridized carbons (Fsp3) is 0.364. The Balaban J connectivity index is 1.30. The van der Waals surface area contributed by atoms with Gasteiger partial charge in [0.05, 0.1) is 6.54 Å². The quantitative estimate of drug-likeness (QED) is 0.872. The van der Waals surface area contributed by atoms with Crippen molar-refractivity contribution in [3.8, 4) is 0 Å². The molecular formula is C22H24N2O2. The average molecular weight is 348 g/mol. The molecule has 2 amide bonds. The van der Waals surface area contributed by atoms with Crippen LogP contribution in [-0.4, -0.2) is 35.8 Å². The van der Waals surface area contributed by atoms with Gasteiger partial charge in [-0.15, -0.1) is 0 Å². The van der Waals surface area contributed by atoms with Crippen molar-refractivity contribution in [1.82, 2.24) is 10.2 Å². The SMILES string of the molecule is CC(=O)N(CCc1ccccc1)CC(=O)N[C@@H]1[C@@H]2Cc3ccccc3[C@@H]21. The second kappa shape index (κ2) is 6.94. The molecule has 0 radical (unpaired) electrons. The van der Waals surface area contributed by atoms with E-state index in [1.54, 1.807) is 4.90 Å². The third-order valence-electron chi connectivity index (χ3n) is 5.66. The summed E-state index contributed by atoms with van der Waals surface area (Å²) in [4.78, 5) is 26.0. The van der Waals surface area contributed by atoms with Crippen LogP contribution in [0.1, 0.15) is 29.5 Å². The molecule has 4 rings (SSSR count). The highest BCUT2D eigenvalue weighted by atomic mass is 16.2. The Labute approximate surface area is 154 Å². The van der Waals surface area contributed by atoms with Gasteiger partial charge in [0.2, 0.25) is 11.8 Å². The van der Waals surface area contributed by atoms with Crippen molar-refractivity contribution < 1.29 is 9.59 Å². The Morgan fingerprint density at radius 3 is 2.58 bits per heavy atom. The fourth-order valence-electron chi connectivity index (χ4n) is 4.21. The van der Waals surface area contributed by atoms with Crippen LogP contribution in [0.15, 0.2) is 54.6 Å². The molecule has 2 aromatic carbocycles. The minimum Gasteiger partial charge on any atom is -0.351 e. The predicted octanol–water partition coefficient (Wildman–Crippen LogP) is 2.53. The van der Waals surface area contributed by atoms with E-state index in [4.69, 9.17) is 0 Å². The summed E-state index contributed by atoms with van der Waals surface area (Å²) in [7, 11) is 0. The van der Waals surface area contributed by atoms with Crippen LogP contribution in [0.5, 0.6) is 0 Å². The van der Waals surface area contributed by atoms with Crippen LogP contribution < -0.4 is 5.32 Å². The molecular weight excluding hydrogens is 324 g/mol. The minimum atomic E-state index is -0.0579. The van der Waals surface area contributed by atoms with Crippen LogP contribution in [-0.2, 0) is 22.4 Å². The maximum absolute atomic E-state index is 12.5. The zero-order chi connectivity index (χ0) is 18.1. The van der Waals surface area contributed by atoms with E-state index in [1.165, 1.54) is 23.6 Å². The second-order valence-electron chi connectivity index (χ2n) is 7.36. The third kappa shape index (κ3) is 3.36. The molecule has 26 heavy (non-hydrogen) atoms. The number of hydrogen-bond acceptors (Lipinski definition) is 2. The molecule has 4 nitrogen and oxygen atoms in total. The predicted molar refractivity (Wildman–Crippen MR) is 101 cm³/mol. The number of carbonyl (C=O) groups is 2. The smallest absolute Gasteiger partial charge is 0.239 e. The molecule has 0 saturated heterocycles. The number of amides is 2. The van der Waals surface area contributed by atoms with Crippen molar-refractivity contribution in [3.05, 3.63) is 71.3 Å². The summed E-state index contributed by atoms with van der Waals surface area (Å²) in [6, 6.07) is 18.8. The van der Waals surface area contributed by atoms with Crippen molar-refractivity contribution in [2.75, 3.05) is 13.1 Å². The summed E-state index contributed by atoms with van der Waals surface area (Å²) < 4.78 is 0. The van der Waals surface area contributed by atoms with E-state index in [0.29, 0.717) is 18.4 Å². The lowest BCUT2D eigenvalue weighted by Gasteiger charge is -2.21. The molecule has 0 heterocycles. The maximum Gasteiger partial charge on any atom is 0.239 e. The van der Waals surface area contributed by atoms with Crippen LogP contribution >= 0.6 is 0 Å². The van der Waals surface area contributed by atoms with E-state index in [-0.39, 0.29) is 24.4 Å². The van der Waals surface area contributed by atoms with Crippen LogP contribution in [0, 0.1) is 5.92 Å². The van der Waals surface area contributed by atoms with Crippen LogP contribution in [0.2, 0.25) is 0 Å². The summed E-state index contributed by atoms with van der Waals surface area (Å²) >= 11 is 0. The van der Waals surface area contributed by atoms with Gasteiger partial charge in [0, 0.05) is 25.4 Å². The van der Waals surface area contributed by atoms with Crippen LogP contribution in [0.25, 0.3) is 0 Å². The summed E-state index contributed by atoms with van der Waals surface area (Å²) in [5.74, 6) is 0.888. The zero-order valence-corrected chi connectivity index (χ0v) is 15.0. The number of carbonyl (C=O) groups excluding carboxylic acids is 2. The highest BCUT2D eigenvalue weighted by Gasteiger charge is 2.56. The van der Waals surface area contributed by atoms with Gasteiger partial charge >= 0.3 is 0 Å². The molecule has 0 spiro atoms. The van der Waals surface area contributed by atoms with Gasteiger partial charge < -0.3 is 10.2 Å². The molecule has 0 unspecified atom stereocenters. The van der Waals surface area contributed by atoms with E-state index >= 15 is 0 Å². The lowest BCUT2D eigenvalue weighted by molar-refractivity contribution is -0.134. The molecule has 3 atom stereocenters. The monoisotopic (exact) mass is 348 g/mol. The Kier molecular flexibility index (Phi) is 4.49. The van der Waals surface area contributed by atoms with Gasteiger partial charge in [0.15, 0.2) is 0 Å². The first-order chi connectivity index (χ1) is 12.6. The van der Waals surface area contributed by atoms with Crippen molar-refractivity contribution >= 4 is 11.8 Å². The van der Waals surface area contributed by atoms with Gasteiger partial charge in [-0.25, -0.2) is 0 Å². The van der Waals surface area contributed by atoms with Crippen LogP contribution in [0.4, 0.5) is 0 Å². The van der Waals surface area contributed by atoms with Gasteiger partial charge in [0.1, 0.15) is 0 Å². The van der Waals surface area contributed by atoms with E-state index in [0.717, 1.165) is 12.8 Å². The number of rotatable bonds is 6. The van der Waals surface area contributed by atoms with Gasteiger partial charge in [-0.2, -0.15) is 0 Å². The molecule has 2 aliphatic rings. The molecule has 4 heteroatoms. The Bertz CT molecular complexity index is 818. The number of nitrogens with one attached hydrogen (secondary N) is 1. The molecule has 0 aromatic heterocycles. The average Bonchev–Trinajstić information content (AvgIpc) is 3.15. The summed E-state index contributed by atoms with van der Waals surface area (Å²) in [6.07, 6.45) is 1.81. The molecule has 1 fully saturated rings. The van der Waals surface area contributed by atoms with E-state index in [9.17, 15) is 9.59 Å². The highest BCUT2D eigenvalue weighted by Crippen LogP contribution is 2.56. The summed E-state index contributed by atoms with van der Waals surface area (Å²) in [6.45, 7) is 2.23. The van der Waals surface area contributed by atoms with Crippen molar-refractivity contribution in [3.63, 3.8) is 0 Å². The van der Waals surface area contributed by atoms with Gasteiger partial charge in [-0.3, -0.25) is 9.59 Å². The normalized spacial score (nSPS) is 22.3. The van der Waals surface area contributed by atoms with E-state index in [2.05, 4.69) is 29.6 Å². The van der Waals surface area contributed by atoms with Gasteiger partial charge in [0.25, 0.3) is 0 Å². The number of benzene rings is 2. The van der Waals surface area contributed by atoms with E-state index in [1.807, 2.05) is 30.3 Å². The highest BCUT2D eigenvalue weighted by molar-refractivity contribution is 5.84. The summed E-state index contributed by atoms with van der Waals surface area (Å²) in [5, 5.41) is 3.15. The molecule has 1 saturated carbocycles. The van der Waals surface area contributed by atoms with Gasteiger partial charge in [-0.1, -0.05) is 54.6 Å². The first kappa shape index (κ1) is 16.8. The van der Waals surface area contributed by atoms with Gasteiger partial charge in [-0.05, 0) is 35.4 Å². The number of hydrogen-bond donors (Lipinski definition) is 1. The Hall–Kier alpha value is -2.62. The Morgan fingerprint density at radius 2 is 1.81 bits per heavy atom. The minimum absolute atomic E-state index is 0.0508. The first-order valence-corrected chi connectivity index (χ1v) is 9.30. The Morgan fingerprint density at radius 1 is 1.08 bits per heavy atom. The van der Waals surface area contributed by atoms with E-state index < -0.39 is 0 Å². The number of fused-ring (bicyclic) bond motifs is 3. The molecule has 2 aromatic rings. The molecule has 1 N–H and O–H groups in total. The van der Waals surface area contributed by atoms with Crippen molar-refractivity contribution in [2.24, 2.45) is 5.92 Å². The first-order valence-electron chi connectivity index (χ1n) is 9.30. The molecule has 0 bridgehead atoms. The molecule has 134 valence electrons. The largest absolute Gasteiger partial charge is 0.351 e. The summed E-state index contributed by atoms with van der Waals surface area (Å²) in [5.41, 5.74) is 3.98. The fourth-order valence-corrected chi connectivity index (χ4v) is 4.21. The third-order valence-corrected chi connectivity index (χ3v) is 5.66. The second-order valence-corrected chi connectivity index (χ2v) is 7.36. The molecule has 2 aliphatic carbocycles. The van der Waals surface area contributed by atoms with Crippen molar-refractivity contribution in [2.45, 2.75) is 31.7 Å². The zero-order valence-electron chi connectivity index (χ0n) is 15.0. The topological polar surface area (TPSA) is 49.4 Å². The molecule has 0 aliphatic heterocycles.